The fourth-order valence-electron chi connectivity index (χ4n) is 2.95. The molecule has 0 aromatic heterocycles. The predicted molar refractivity (Wildman–Crippen MR) is 70.2 cm³/mol. The van der Waals surface area contributed by atoms with E-state index in [1.54, 1.807) is 0 Å². The molecule has 0 radical (unpaired) electrons. The van der Waals surface area contributed by atoms with E-state index in [0.717, 1.165) is 6.54 Å². The molecule has 0 bridgehead atoms. The summed E-state index contributed by atoms with van der Waals surface area (Å²) in [5, 5.41) is 0. The number of carbonyl (C=O) groups excluding carboxylic acids is 1. The van der Waals surface area contributed by atoms with Crippen molar-refractivity contribution in [3.8, 4) is 0 Å². The van der Waals surface area contributed by atoms with Crippen molar-refractivity contribution >= 4 is 5.91 Å². The minimum absolute atomic E-state index is 0.0389. The quantitative estimate of drug-likeness (QED) is 0.437. The fraction of sp³-hybridized carbons (Fsp3) is 0.923. The van der Waals surface area contributed by atoms with Gasteiger partial charge in [-0.2, -0.15) is 0 Å². The molecule has 1 rings (SSSR count). The molecule has 17 heavy (non-hydrogen) atoms. The van der Waals surface area contributed by atoms with Crippen LogP contribution in [-0.2, 0) is 4.79 Å². The van der Waals surface area contributed by atoms with Gasteiger partial charge in [-0.1, -0.05) is 33.6 Å². The summed E-state index contributed by atoms with van der Waals surface area (Å²) in [4.78, 5) is 14.3. The Kier molecular flexibility index (Phi) is 5.92. The molecule has 0 saturated carbocycles. The number of nitrogens with two attached hydrogens (primary N) is 1. The smallest absolute Gasteiger partial charge is 0.251 e. The molecule has 1 aliphatic rings. The van der Waals surface area contributed by atoms with Crippen molar-refractivity contribution in [2.45, 2.75) is 65.0 Å². The van der Waals surface area contributed by atoms with E-state index < -0.39 is 0 Å². The Morgan fingerprint density at radius 1 is 1.47 bits per heavy atom. The minimum atomic E-state index is -0.0724. The Hall–Kier alpha value is -0.610. The molecule has 100 valence electrons. The van der Waals surface area contributed by atoms with Crippen molar-refractivity contribution in [1.29, 1.82) is 0 Å². The first kappa shape index (κ1) is 14.5. The van der Waals surface area contributed by atoms with Crippen molar-refractivity contribution in [3.05, 3.63) is 0 Å². The summed E-state index contributed by atoms with van der Waals surface area (Å²) < 4.78 is 0. The van der Waals surface area contributed by atoms with Crippen molar-refractivity contribution < 1.29 is 4.79 Å². The third-order valence-electron chi connectivity index (χ3n) is 3.69. The Morgan fingerprint density at radius 3 is 2.71 bits per heavy atom. The van der Waals surface area contributed by atoms with Crippen LogP contribution < -0.4 is 11.3 Å². The summed E-state index contributed by atoms with van der Waals surface area (Å²) in [6, 6.07) is 0.482. The van der Waals surface area contributed by atoms with Gasteiger partial charge in [0.1, 0.15) is 0 Å². The zero-order valence-electron chi connectivity index (χ0n) is 11.4. The van der Waals surface area contributed by atoms with Crippen LogP contribution in [0, 0.1) is 5.92 Å². The summed E-state index contributed by atoms with van der Waals surface area (Å²) in [6.07, 6.45) is 6.06. The summed E-state index contributed by atoms with van der Waals surface area (Å²) in [5.41, 5.74) is 2.33. The molecule has 4 nitrogen and oxygen atoms in total. The highest BCUT2D eigenvalue weighted by Crippen LogP contribution is 2.26. The van der Waals surface area contributed by atoms with Gasteiger partial charge in [0.2, 0.25) is 0 Å². The van der Waals surface area contributed by atoms with Gasteiger partial charge in [-0.15, -0.1) is 0 Å². The van der Waals surface area contributed by atoms with Crippen LogP contribution in [0.4, 0.5) is 0 Å². The highest BCUT2D eigenvalue weighted by Gasteiger charge is 2.34. The van der Waals surface area contributed by atoms with Crippen LogP contribution in [0.15, 0.2) is 0 Å². The van der Waals surface area contributed by atoms with Crippen LogP contribution in [0.2, 0.25) is 0 Å². The van der Waals surface area contributed by atoms with E-state index >= 15 is 0 Å². The van der Waals surface area contributed by atoms with Crippen LogP contribution in [0.3, 0.4) is 0 Å². The van der Waals surface area contributed by atoms with Gasteiger partial charge in [0.15, 0.2) is 0 Å². The van der Waals surface area contributed by atoms with Gasteiger partial charge in [-0.25, -0.2) is 5.84 Å². The predicted octanol–water partition coefficient (Wildman–Crippen LogP) is 1.66. The van der Waals surface area contributed by atoms with E-state index in [-0.39, 0.29) is 11.9 Å². The van der Waals surface area contributed by atoms with E-state index in [0.29, 0.717) is 12.0 Å². The lowest BCUT2D eigenvalue weighted by molar-refractivity contribution is -0.130. The summed E-state index contributed by atoms with van der Waals surface area (Å²) in [6.45, 7) is 7.43. The molecule has 0 spiro atoms. The fourth-order valence-corrected chi connectivity index (χ4v) is 2.95. The lowest BCUT2D eigenvalue weighted by Gasteiger charge is -2.42. The van der Waals surface area contributed by atoms with Gasteiger partial charge >= 0.3 is 0 Å². The van der Waals surface area contributed by atoms with E-state index in [1.165, 1.54) is 32.1 Å². The maximum atomic E-state index is 11.9. The Morgan fingerprint density at radius 2 is 2.18 bits per heavy atom. The van der Waals surface area contributed by atoms with Crippen molar-refractivity contribution in [2.24, 2.45) is 11.8 Å². The number of hydrogen-bond acceptors (Lipinski definition) is 3. The van der Waals surface area contributed by atoms with Gasteiger partial charge in [0.05, 0.1) is 6.04 Å². The van der Waals surface area contributed by atoms with E-state index in [4.69, 9.17) is 5.84 Å². The number of nitrogens with zero attached hydrogens (tertiary/aromatic N) is 1. The molecule has 2 atom stereocenters. The second-order valence-electron chi connectivity index (χ2n) is 5.37. The van der Waals surface area contributed by atoms with E-state index in [1.807, 2.05) is 0 Å². The maximum absolute atomic E-state index is 11.9. The number of likely N-dealkylation sites (tertiary alicyclic amines) is 1. The van der Waals surface area contributed by atoms with Gasteiger partial charge in [-0.3, -0.25) is 15.1 Å². The van der Waals surface area contributed by atoms with E-state index in [9.17, 15) is 4.79 Å². The molecule has 1 saturated heterocycles. The summed E-state index contributed by atoms with van der Waals surface area (Å²) in [7, 11) is 0. The van der Waals surface area contributed by atoms with Crippen molar-refractivity contribution in [3.63, 3.8) is 0 Å². The van der Waals surface area contributed by atoms with E-state index in [2.05, 4.69) is 31.1 Å². The van der Waals surface area contributed by atoms with Gasteiger partial charge in [-0.05, 0) is 31.7 Å². The lowest BCUT2D eigenvalue weighted by atomic mass is 9.92. The van der Waals surface area contributed by atoms with Crippen LogP contribution in [-0.4, -0.2) is 29.4 Å². The third kappa shape index (κ3) is 3.68. The highest BCUT2D eigenvalue weighted by molar-refractivity contribution is 5.81. The molecule has 3 N–H and O–H groups in total. The first-order valence-corrected chi connectivity index (χ1v) is 6.88. The molecule has 1 amide bonds. The molecule has 0 aliphatic carbocycles. The maximum Gasteiger partial charge on any atom is 0.251 e. The average molecular weight is 241 g/mol. The molecule has 0 aromatic rings. The topological polar surface area (TPSA) is 58.4 Å². The monoisotopic (exact) mass is 241 g/mol. The van der Waals surface area contributed by atoms with Crippen LogP contribution >= 0.6 is 0 Å². The van der Waals surface area contributed by atoms with Gasteiger partial charge < -0.3 is 0 Å². The standard InChI is InChI=1S/C13H27N3O/c1-4-7-11-8-5-6-9-16(11)12(10(2)3)13(17)15-14/h10-12H,4-9,14H2,1-3H3,(H,15,17). The Labute approximate surface area is 105 Å². The van der Waals surface area contributed by atoms with Gasteiger partial charge in [0, 0.05) is 6.04 Å². The molecule has 4 heteroatoms. The van der Waals surface area contributed by atoms with Crippen LogP contribution in [0.1, 0.15) is 52.9 Å². The molecule has 0 aromatic carbocycles. The molecular weight excluding hydrogens is 214 g/mol. The zero-order valence-corrected chi connectivity index (χ0v) is 11.4. The Balaban J connectivity index is 2.78. The largest absolute Gasteiger partial charge is 0.293 e. The average Bonchev–Trinajstić information content (AvgIpc) is 2.31. The normalized spacial score (nSPS) is 23.7. The van der Waals surface area contributed by atoms with Crippen LogP contribution in [0.25, 0.3) is 0 Å². The number of nitrogens with one attached hydrogen (secondary N) is 1. The lowest BCUT2D eigenvalue weighted by Crippen LogP contribution is -2.56. The molecule has 1 heterocycles. The zero-order chi connectivity index (χ0) is 12.8. The third-order valence-corrected chi connectivity index (χ3v) is 3.69. The summed E-state index contributed by atoms with van der Waals surface area (Å²) in [5.74, 6) is 5.57. The molecule has 1 aliphatic heterocycles. The number of rotatable bonds is 5. The van der Waals surface area contributed by atoms with Crippen molar-refractivity contribution in [1.82, 2.24) is 10.3 Å². The SMILES string of the molecule is CCCC1CCCCN1C(C(=O)NN)C(C)C. The second-order valence-corrected chi connectivity index (χ2v) is 5.37. The highest BCUT2D eigenvalue weighted by atomic mass is 16.2. The number of hydrazine groups is 1. The molecule has 2 unspecified atom stereocenters. The number of amides is 1. The number of hydrogen-bond donors (Lipinski definition) is 2. The van der Waals surface area contributed by atoms with Crippen molar-refractivity contribution in [2.75, 3.05) is 6.54 Å². The minimum Gasteiger partial charge on any atom is -0.293 e. The number of carbonyl (C=O) groups is 1. The molecule has 1 fully saturated rings. The molecular formula is C13H27N3O. The summed E-state index contributed by atoms with van der Waals surface area (Å²) >= 11 is 0. The number of piperidine rings is 1. The second kappa shape index (κ2) is 6.97. The van der Waals surface area contributed by atoms with Gasteiger partial charge in [0.25, 0.3) is 5.91 Å². The first-order chi connectivity index (χ1) is 8.11. The Bertz CT molecular complexity index is 241. The first-order valence-electron chi connectivity index (χ1n) is 6.88. The van der Waals surface area contributed by atoms with Crippen LogP contribution in [0.5, 0.6) is 0 Å².